The Bertz CT molecular complexity index is 331. The summed E-state index contributed by atoms with van der Waals surface area (Å²) in [7, 11) is 0. The summed E-state index contributed by atoms with van der Waals surface area (Å²) in [5.74, 6) is 2.08. The van der Waals surface area contributed by atoms with Crippen molar-refractivity contribution in [2.45, 2.75) is 58.4 Å². The van der Waals surface area contributed by atoms with Gasteiger partial charge in [0, 0.05) is 12.0 Å². The molecule has 0 bridgehead atoms. The van der Waals surface area contributed by atoms with E-state index in [1.54, 1.807) is 0 Å². The summed E-state index contributed by atoms with van der Waals surface area (Å²) in [6, 6.07) is 0.980. The van der Waals surface area contributed by atoms with Gasteiger partial charge in [-0.3, -0.25) is 0 Å². The van der Waals surface area contributed by atoms with E-state index >= 15 is 0 Å². The summed E-state index contributed by atoms with van der Waals surface area (Å²) in [5, 5.41) is 7.19. The molecule has 0 saturated heterocycles. The van der Waals surface area contributed by atoms with Crippen molar-refractivity contribution >= 4 is 6.01 Å². The first-order valence-electron chi connectivity index (χ1n) is 6.25. The van der Waals surface area contributed by atoms with Gasteiger partial charge in [-0.15, -0.1) is 0 Å². The average molecular weight is 223 g/mol. The largest absolute Gasteiger partial charge is 0.335 e. The molecular formula is C12H21N3O. The molecular weight excluding hydrogens is 202 g/mol. The zero-order chi connectivity index (χ0) is 11.5. The molecule has 1 unspecified atom stereocenters. The van der Waals surface area contributed by atoms with Crippen LogP contribution in [0.2, 0.25) is 0 Å². The van der Waals surface area contributed by atoms with Crippen LogP contribution in [-0.4, -0.2) is 16.2 Å². The Labute approximate surface area is 96.8 Å². The smallest absolute Gasteiger partial charge is 0.321 e. The van der Waals surface area contributed by atoms with Gasteiger partial charge >= 0.3 is 6.01 Å². The molecule has 1 aliphatic carbocycles. The van der Waals surface area contributed by atoms with Crippen molar-refractivity contribution in [2.75, 3.05) is 5.32 Å². The van der Waals surface area contributed by atoms with Crippen LogP contribution in [0, 0.1) is 5.92 Å². The van der Waals surface area contributed by atoms with E-state index in [1.165, 1.54) is 25.7 Å². The molecule has 1 aromatic heterocycles. The van der Waals surface area contributed by atoms with Crippen molar-refractivity contribution in [1.82, 2.24) is 10.1 Å². The fourth-order valence-corrected chi connectivity index (χ4v) is 1.70. The van der Waals surface area contributed by atoms with Crippen LogP contribution in [-0.2, 0) is 0 Å². The minimum absolute atomic E-state index is 0.320. The second-order valence-electron chi connectivity index (χ2n) is 5.18. The van der Waals surface area contributed by atoms with Crippen LogP contribution in [0.4, 0.5) is 6.01 Å². The third-order valence-electron chi connectivity index (χ3n) is 3.03. The summed E-state index contributed by atoms with van der Waals surface area (Å²) in [5.41, 5.74) is 0. The number of hydrogen-bond acceptors (Lipinski definition) is 4. The van der Waals surface area contributed by atoms with Gasteiger partial charge in [0.2, 0.25) is 0 Å². The maximum atomic E-state index is 5.15. The molecule has 0 spiro atoms. The SMILES string of the molecule is CC(CCC1CC1)Nc1nc(C(C)C)no1. The van der Waals surface area contributed by atoms with Crippen molar-refractivity contribution in [2.24, 2.45) is 5.92 Å². The zero-order valence-electron chi connectivity index (χ0n) is 10.4. The van der Waals surface area contributed by atoms with Crippen LogP contribution in [0.1, 0.15) is 58.2 Å². The van der Waals surface area contributed by atoms with E-state index in [9.17, 15) is 0 Å². The number of rotatable bonds is 6. The molecule has 1 heterocycles. The van der Waals surface area contributed by atoms with Gasteiger partial charge in [0.1, 0.15) is 0 Å². The van der Waals surface area contributed by atoms with Crippen LogP contribution in [0.25, 0.3) is 0 Å². The van der Waals surface area contributed by atoms with Crippen molar-refractivity contribution in [1.29, 1.82) is 0 Å². The third kappa shape index (κ3) is 3.22. The molecule has 90 valence electrons. The molecule has 16 heavy (non-hydrogen) atoms. The molecule has 0 aromatic carbocycles. The van der Waals surface area contributed by atoms with Crippen LogP contribution < -0.4 is 5.32 Å². The van der Waals surface area contributed by atoms with Crippen molar-refractivity contribution < 1.29 is 4.52 Å². The van der Waals surface area contributed by atoms with E-state index < -0.39 is 0 Å². The molecule has 0 amide bonds. The lowest BCUT2D eigenvalue weighted by atomic mass is 10.1. The molecule has 4 heteroatoms. The molecule has 4 nitrogen and oxygen atoms in total. The Balaban J connectivity index is 1.77. The minimum atomic E-state index is 0.320. The molecule has 1 aliphatic rings. The maximum absolute atomic E-state index is 5.15. The topological polar surface area (TPSA) is 51.0 Å². The first-order chi connectivity index (χ1) is 7.65. The first kappa shape index (κ1) is 11.4. The number of nitrogens with one attached hydrogen (secondary N) is 1. The van der Waals surface area contributed by atoms with Gasteiger partial charge in [-0.2, -0.15) is 4.98 Å². The zero-order valence-corrected chi connectivity index (χ0v) is 10.4. The van der Waals surface area contributed by atoms with Crippen molar-refractivity contribution in [3.05, 3.63) is 5.82 Å². The van der Waals surface area contributed by atoms with Crippen molar-refractivity contribution in [3.63, 3.8) is 0 Å². The maximum Gasteiger partial charge on any atom is 0.321 e. The summed E-state index contributed by atoms with van der Waals surface area (Å²) in [6.07, 6.45) is 5.35. The molecule has 0 radical (unpaired) electrons. The fourth-order valence-electron chi connectivity index (χ4n) is 1.70. The van der Waals surface area contributed by atoms with Crippen molar-refractivity contribution in [3.8, 4) is 0 Å². The van der Waals surface area contributed by atoms with E-state index in [2.05, 4.69) is 36.2 Å². The van der Waals surface area contributed by atoms with Crippen LogP contribution in [0.15, 0.2) is 4.52 Å². The van der Waals surface area contributed by atoms with Crippen LogP contribution in [0.3, 0.4) is 0 Å². The summed E-state index contributed by atoms with van der Waals surface area (Å²) in [6.45, 7) is 6.29. The molecule has 1 saturated carbocycles. The molecule has 1 aromatic rings. The van der Waals surface area contributed by atoms with E-state index in [1.807, 2.05) is 0 Å². The highest BCUT2D eigenvalue weighted by Gasteiger charge is 2.21. The summed E-state index contributed by atoms with van der Waals surface area (Å²) >= 11 is 0. The molecule has 1 fully saturated rings. The summed E-state index contributed by atoms with van der Waals surface area (Å²) in [4.78, 5) is 4.30. The Morgan fingerprint density at radius 1 is 1.38 bits per heavy atom. The molecule has 1 N–H and O–H groups in total. The van der Waals surface area contributed by atoms with E-state index in [0.29, 0.717) is 18.0 Å². The number of aromatic nitrogens is 2. The lowest BCUT2D eigenvalue weighted by Gasteiger charge is -2.10. The van der Waals surface area contributed by atoms with Crippen LogP contribution in [0.5, 0.6) is 0 Å². The van der Waals surface area contributed by atoms with Gasteiger partial charge in [0.05, 0.1) is 0 Å². The molecule has 1 atom stereocenters. The normalized spacial score (nSPS) is 17.8. The molecule has 0 aliphatic heterocycles. The van der Waals surface area contributed by atoms with Gasteiger partial charge in [0.15, 0.2) is 5.82 Å². The van der Waals surface area contributed by atoms with Gasteiger partial charge in [-0.05, 0) is 25.7 Å². The predicted molar refractivity (Wildman–Crippen MR) is 63.4 cm³/mol. The predicted octanol–water partition coefficient (Wildman–Crippen LogP) is 3.18. The Kier molecular flexibility index (Phi) is 3.46. The van der Waals surface area contributed by atoms with Gasteiger partial charge < -0.3 is 9.84 Å². The number of hydrogen-bond donors (Lipinski definition) is 1. The second-order valence-corrected chi connectivity index (χ2v) is 5.18. The van der Waals surface area contributed by atoms with E-state index in [0.717, 1.165) is 11.7 Å². The quantitative estimate of drug-likeness (QED) is 0.804. The Morgan fingerprint density at radius 3 is 2.69 bits per heavy atom. The standard InChI is InChI=1S/C12H21N3O/c1-8(2)11-14-12(16-15-11)13-9(3)4-5-10-6-7-10/h8-10H,4-7H2,1-3H3,(H,13,14,15). The summed E-state index contributed by atoms with van der Waals surface area (Å²) < 4.78 is 5.15. The molecule has 2 rings (SSSR count). The monoisotopic (exact) mass is 223 g/mol. The number of nitrogens with zero attached hydrogens (tertiary/aromatic N) is 2. The van der Waals surface area contributed by atoms with Crippen LogP contribution >= 0.6 is 0 Å². The number of anilines is 1. The Morgan fingerprint density at radius 2 is 2.12 bits per heavy atom. The van der Waals surface area contributed by atoms with E-state index in [-0.39, 0.29) is 0 Å². The first-order valence-corrected chi connectivity index (χ1v) is 6.25. The average Bonchev–Trinajstić information content (AvgIpc) is 2.95. The highest BCUT2D eigenvalue weighted by atomic mass is 16.5. The second kappa shape index (κ2) is 4.85. The fraction of sp³-hybridized carbons (Fsp3) is 0.833. The van der Waals surface area contributed by atoms with Gasteiger partial charge in [0.25, 0.3) is 0 Å². The highest BCUT2D eigenvalue weighted by Crippen LogP contribution is 2.34. The lowest BCUT2D eigenvalue weighted by Crippen LogP contribution is -2.15. The lowest BCUT2D eigenvalue weighted by molar-refractivity contribution is 0.414. The minimum Gasteiger partial charge on any atom is -0.335 e. The van der Waals surface area contributed by atoms with E-state index in [4.69, 9.17) is 4.52 Å². The van der Waals surface area contributed by atoms with Gasteiger partial charge in [-0.1, -0.05) is 31.8 Å². The van der Waals surface area contributed by atoms with Gasteiger partial charge in [-0.25, -0.2) is 0 Å². The Hall–Kier alpha value is -1.06. The highest BCUT2D eigenvalue weighted by molar-refractivity contribution is 5.20. The third-order valence-corrected chi connectivity index (χ3v) is 3.03.